The molecule has 0 saturated heterocycles. The number of fused-ring (bicyclic) bond motifs is 2. The van der Waals surface area contributed by atoms with E-state index >= 15 is 0 Å². The quantitative estimate of drug-likeness (QED) is 0.00557. The zero-order valence-corrected chi connectivity index (χ0v) is 71.2. The number of benzene rings is 6. The second kappa shape index (κ2) is 44.4. The molecule has 0 spiro atoms. The highest BCUT2D eigenvalue weighted by Gasteiger charge is 2.46. The van der Waals surface area contributed by atoms with Gasteiger partial charge in [0.15, 0.2) is 23.5 Å². The summed E-state index contributed by atoms with van der Waals surface area (Å²) in [6, 6.07) is 43.6. The molecule has 6 aromatic rings. The summed E-state index contributed by atoms with van der Waals surface area (Å²) in [7, 11) is -13.3. The van der Waals surface area contributed by atoms with Crippen LogP contribution in [0.4, 0.5) is 16.2 Å². The second-order valence-corrected chi connectivity index (χ2v) is 36.1. The van der Waals surface area contributed by atoms with Gasteiger partial charge in [-0.25, -0.2) is 9.59 Å². The highest BCUT2D eigenvalue weighted by Crippen LogP contribution is 2.51. The van der Waals surface area contributed by atoms with Gasteiger partial charge in [-0.2, -0.15) is 29.8 Å². The summed E-state index contributed by atoms with van der Waals surface area (Å²) in [5.41, 5.74) is 7.15. The van der Waals surface area contributed by atoms with Crippen LogP contribution in [0.15, 0.2) is 216 Å². The molecule has 0 saturated carbocycles. The molecule has 9 rings (SSSR count). The lowest BCUT2D eigenvalue weighted by Gasteiger charge is -2.31. The molecule has 6 aromatic carbocycles. The first-order chi connectivity index (χ1) is 58.5. The van der Waals surface area contributed by atoms with Crippen LogP contribution in [-0.4, -0.2) is 175 Å². The highest BCUT2D eigenvalue weighted by atomic mass is 32.2. The van der Waals surface area contributed by atoms with Gasteiger partial charge in [-0.05, 0) is 167 Å². The van der Waals surface area contributed by atoms with Crippen molar-refractivity contribution in [3.63, 3.8) is 0 Å². The van der Waals surface area contributed by atoms with Gasteiger partial charge in [-0.1, -0.05) is 133 Å². The summed E-state index contributed by atoms with van der Waals surface area (Å²) in [6.07, 6.45) is 6.63. The van der Waals surface area contributed by atoms with Crippen molar-refractivity contribution in [1.29, 1.82) is 0 Å². The Kier molecular flexibility index (Phi) is 34.4. The van der Waals surface area contributed by atoms with Crippen molar-refractivity contribution in [2.75, 3.05) is 42.6 Å². The summed E-state index contributed by atoms with van der Waals surface area (Å²) in [5.74, 6) is -8.02. The Hall–Kier alpha value is -11.6. The minimum Gasteiger partial charge on any atom is -0.481 e. The number of hydrogen-bond donors (Lipinski definition) is 10. The van der Waals surface area contributed by atoms with Crippen LogP contribution in [-0.2, 0) is 108 Å². The van der Waals surface area contributed by atoms with Gasteiger partial charge in [0.1, 0.15) is 29.9 Å². The maximum absolute atomic E-state index is 15.0. The minimum absolute atomic E-state index is 0.0119. The van der Waals surface area contributed by atoms with Gasteiger partial charge in [-0.3, -0.25) is 52.0 Å². The molecule has 0 bridgehead atoms. The molecule has 0 aromatic heterocycles. The summed E-state index contributed by atoms with van der Waals surface area (Å²) < 4.78 is 116. The molecule has 0 radical (unpaired) electrons. The third-order valence-corrected chi connectivity index (χ3v) is 24.4. The summed E-state index contributed by atoms with van der Waals surface area (Å²) in [6.45, 7) is 6.07. The number of para-hydroxylation sites is 2. The molecule has 1 unspecified atom stereocenters. The lowest BCUT2D eigenvalue weighted by Crippen LogP contribution is -2.49. The molecule has 656 valence electrons. The van der Waals surface area contributed by atoms with Crippen molar-refractivity contribution in [1.82, 2.24) is 26.6 Å². The van der Waals surface area contributed by atoms with E-state index in [0.717, 1.165) is 33.8 Å². The molecular weight excluding hydrogens is 1640 g/mol. The van der Waals surface area contributed by atoms with Gasteiger partial charge in [0.05, 0.1) is 40.8 Å². The smallest absolute Gasteiger partial charge is 0.326 e. The number of carboxylic acid groups (broad SMARTS) is 2. The van der Waals surface area contributed by atoms with Crippen LogP contribution in [0.3, 0.4) is 0 Å². The third kappa shape index (κ3) is 28.7. The van der Waals surface area contributed by atoms with Gasteiger partial charge in [0.2, 0.25) is 23.4 Å². The van der Waals surface area contributed by atoms with E-state index in [1.165, 1.54) is 24.3 Å². The number of carboxylic acids is 2. The standard InChI is InChI=1S/C90H105N7O23S3/c1-89(2)72-31-13-15-33-76(72)96(50-20-52-121(110,111)112)79(89)44-36-64-28-17-29-65(84(64)120-70-39-41-71(42-40-70)123(116,117)118)37-45-80-90(3,73-32-14-16-34-77(73)97(80)51-21-53-122(113,114)115)48-18-35-81(102)93-75(56-63-26-11-6-12-27-63)78(101)58-67(55-62-24-9-5-10-25-62)86(106)92-59-69(100)30-19-49-91-85(105)66(54-61-22-7-4-8-23-61)57-68(99)38-43-74(87(107)108)94-88(109)95-82(119-60-98)46-47-83(103)104/h4-16,22-27,31-34,36-37,39-42,44-45,60,66-67,74-75,82H,17-21,28-30,35,38,43,46-59H2,1-3H3,(H9-,91,92,93,94,95,102,103,104,105,106,107,108,109,110,111,112,113,114,115,116,117,118)/p+1/t66-,67-,74+,75+,82-,90?/m1/s1. The van der Waals surface area contributed by atoms with E-state index in [1.807, 2.05) is 107 Å². The fourth-order valence-corrected chi connectivity index (χ4v) is 17.2. The van der Waals surface area contributed by atoms with Crippen LogP contribution in [0.25, 0.3) is 0 Å². The maximum Gasteiger partial charge on any atom is 0.326 e. The number of nitrogens with one attached hydrogen (secondary N) is 5. The Balaban J connectivity index is 0.898. The fraction of sp³-hybridized carbons (Fsp3) is 0.389. The number of aliphatic carboxylic acids is 2. The number of amides is 5. The van der Waals surface area contributed by atoms with Crippen LogP contribution in [0.2, 0.25) is 0 Å². The van der Waals surface area contributed by atoms with Crippen LogP contribution in [0.1, 0.15) is 151 Å². The van der Waals surface area contributed by atoms with Crippen LogP contribution in [0, 0.1) is 11.8 Å². The van der Waals surface area contributed by atoms with Gasteiger partial charge in [0.25, 0.3) is 36.8 Å². The first-order valence-electron chi connectivity index (χ1n) is 40.7. The largest absolute Gasteiger partial charge is 0.481 e. The van der Waals surface area contributed by atoms with Crippen LogP contribution >= 0.6 is 0 Å². The van der Waals surface area contributed by atoms with E-state index in [2.05, 4.69) is 40.4 Å². The van der Waals surface area contributed by atoms with Gasteiger partial charge >= 0.3 is 18.0 Å². The van der Waals surface area contributed by atoms with Gasteiger partial charge in [-0.15, -0.1) is 0 Å². The molecule has 1 aliphatic carbocycles. The number of anilines is 1. The predicted molar refractivity (Wildman–Crippen MR) is 458 cm³/mol. The minimum atomic E-state index is -4.58. The molecular formula is C90H106N7O23S3+. The Morgan fingerprint density at radius 1 is 0.577 bits per heavy atom. The zero-order valence-electron chi connectivity index (χ0n) is 68.7. The summed E-state index contributed by atoms with van der Waals surface area (Å²) in [4.78, 5) is 133. The predicted octanol–water partition coefficient (Wildman–Crippen LogP) is 10.5. The lowest BCUT2D eigenvalue weighted by molar-refractivity contribution is -0.437. The van der Waals surface area contributed by atoms with Crippen molar-refractivity contribution in [2.24, 2.45) is 11.8 Å². The number of rotatable bonds is 49. The maximum atomic E-state index is 15.0. The van der Waals surface area contributed by atoms with Crippen LogP contribution < -0.4 is 36.2 Å². The molecule has 6 atom stereocenters. The van der Waals surface area contributed by atoms with E-state index in [4.69, 9.17) is 14.6 Å². The molecule has 10 N–H and O–H groups in total. The summed E-state index contributed by atoms with van der Waals surface area (Å²) in [5, 5.41) is 31.7. The molecule has 123 heavy (non-hydrogen) atoms. The number of nitrogens with zero attached hydrogens (tertiary/aromatic N) is 2. The average molecular weight is 1750 g/mol. The van der Waals surface area contributed by atoms with E-state index in [9.17, 15) is 92.0 Å². The number of urea groups is 1. The first kappa shape index (κ1) is 95.2. The van der Waals surface area contributed by atoms with Crippen molar-refractivity contribution >= 4 is 107 Å². The lowest BCUT2D eigenvalue weighted by atomic mass is 9.77. The topological polar surface area (TPSA) is 459 Å². The Morgan fingerprint density at radius 2 is 1.17 bits per heavy atom. The monoisotopic (exact) mass is 1750 g/mol. The number of carbonyl (C=O) groups excluding carboxylic acids is 8. The molecule has 3 aliphatic rings. The molecule has 0 fully saturated rings. The Morgan fingerprint density at radius 3 is 1.79 bits per heavy atom. The molecule has 30 nitrogen and oxygen atoms in total. The van der Waals surface area contributed by atoms with E-state index < -0.39 is 155 Å². The summed E-state index contributed by atoms with van der Waals surface area (Å²) >= 11 is 0. The van der Waals surface area contributed by atoms with Crippen molar-refractivity contribution in [2.45, 2.75) is 177 Å². The van der Waals surface area contributed by atoms with Gasteiger partial charge < -0.3 is 51.2 Å². The number of ether oxygens (including phenoxy) is 2. The number of hydrogen-bond acceptors (Lipinski definition) is 19. The fourth-order valence-electron chi connectivity index (χ4n) is 15.7. The van der Waals surface area contributed by atoms with Crippen LogP contribution in [0.5, 0.6) is 5.75 Å². The number of allylic oxidation sites excluding steroid dienone is 7. The molecule has 5 amide bonds. The number of Topliss-reactive ketones (excluding diaryl/α,β-unsaturated/α-hetero) is 3. The number of carbonyl (C=O) groups is 10. The van der Waals surface area contributed by atoms with Crippen molar-refractivity contribution in [3.05, 3.63) is 239 Å². The van der Waals surface area contributed by atoms with Crippen molar-refractivity contribution < 1.29 is 111 Å². The van der Waals surface area contributed by atoms with E-state index in [1.54, 1.807) is 72.8 Å². The third-order valence-electron chi connectivity index (χ3n) is 22.0. The highest BCUT2D eigenvalue weighted by molar-refractivity contribution is 7.86. The average Bonchev–Trinajstić information content (AvgIpc) is 1.59. The van der Waals surface area contributed by atoms with Crippen molar-refractivity contribution in [3.8, 4) is 5.75 Å². The molecule has 2 heterocycles. The van der Waals surface area contributed by atoms with E-state index in [0.29, 0.717) is 59.4 Å². The zero-order chi connectivity index (χ0) is 89.1. The Labute approximate surface area is 716 Å². The Bertz CT molecular complexity index is 5330. The van der Waals surface area contributed by atoms with E-state index in [-0.39, 0.29) is 120 Å². The second-order valence-electron chi connectivity index (χ2n) is 31.5. The normalized spacial score (nSPS) is 16.9. The SMILES string of the molecule is CC1(C)C(/C=C/C2=C(Oc3ccc(S(=O)(=O)O)cc3)C(=C/C=C3/N(CCCS(=O)(=O)O)c4ccccc4C3(C)CCCC(=O)N[C@@H](Cc3ccccc3)C(=O)C[C@@H](Cc3ccccc3)C(=O)NCC(=O)CCCNC(=O)[C@@H](CC(=O)CC[C@H](NC(=O)N[C@@H](CCC(=O)O)OC=O)C(=O)O)Cc3ccccc3)/CCC2)=[N+](CCCS(=O)(=O)O)c2ccccc21. The number of ketones is 3. The van der Waals surface area contributed by atoms with Gasteiger partial charge in [0, 0.05) is 104 Å². The molecule has 2 aliphatic heterocycles. The molecule has 33 heteroatoms. The first-order valence-corrected chi connectivity index (χ1v) is 45.4.